The first-order chi connectivity index (χ1) is 8.81. The van der Waals surface area contributed by atoms with Crippen molar-refractivity contribution >= 4 is 17.4 Å². The van der Waals surface area contributed by atoms with E-state index < -0.39 is 17.5 Å². The Morgan fingerprint density at radius 3 is 2.05 bits per heavy atom. The summed E-state index contributed by atoms with van der Waals surface area (Å²) >= 11 is 5.68. The van der Waals surface area contributed by atoms with Gasteiger partial charge in [0.05, 0.1) is 18.2 Å². The van der Waals surface area contributed by atoms with E-state index in [9.17, 15) is 18.0 Å². The van der Waals surface area contributed by atoms with E-state index in [0.717, 1.165) is 12.1 Å². The summed E-state index contributed by atoms with van der Waals surface area (Å²) < 4.78 is 47.5. The summed E-state index contributed by atoms with van der Waals surface area (Å²) in [5, 5.41) is -0.325. The lowest BCUT2D eigenvalue weighted by atomic mass is 10.1. The van der Waals surface area contributed by atoms with Crippen molar-refractivity contribution in [1.82, 2.24) is 0 Å². The van der Waals surface area contributed by atoms with Crippen molar-refractivity contribution in [2.75, 3.05) is 13.2 Å². The van der Waals surface area contributed by atoms with E-state index >= 15 is 0 Å². The van der Waals surface area contributed by atoms with Crippen LogP contribution in [0.1, 0.15) is 24.2 Å². The molecule has 0 aliphatic heterocycles. The van der Waals surface area contributed by atoms with Gasteiger partial charge in [0.25, 0.3) is 5.78 Å². The predicted molar refractivity (Wildman–Crippen MR) is 64.2 cm³/mol. The smallest absolute Gasteiger partial charge is 0.454 e. The molecule has 19 heavy (non-hydrogen) atoms. The van der Waals surface area contributed by atoms with Gasteiger partial charge in [-0.3, -0.25) is 4.79 Å². The van der Waals surface area contributed by atoms with Gasteiger partial charge in [-0.1, -0.05) is 11.6 Å². The van der Waals surface area contributed by atoms with Gasteiger partial charge < -0.3 is 9.47 Å². The zero-order valence-corrected chi connectivity index (χ0v) is 11.1. The predicted octanol–water partition coefficient (Wildman–Crippen LogP) is 3.88. The van der Waals surface area contributed by atoms with E-state index in [1.165, 1.54) is 0 Å². The third-order valence-corrected chi connectivity index (χ3v) is 2.45. The zero-order valence-electron chi connectivity index (χ0n) is 10.3. The molecule has 0 saturated heterocycles. The number of halogens is 4. The molecule has 0 N–H and O–H groups in total. The molecule has 0 unspecified atom stereocenters. The second kappa shape index (κ2) is 6.14. The lowest BCUT2D eigenvalue weighted by Crippen LogP contribution is -2.23. The van der Waals surface area contributed by atoms with Gasteiger partial charge in [-0.2, -0.15) is 13.2 Å². The van der Waals surface area contributed by atoms with Crippen molar-refractivity contribution < 1.29 is 27.4 Å². The molecule has 0 radical (unpaired) electrons. The monoisotopic (exact) mass is 296 g/mol. The molecule has 106 valence electrons. The number of ether oxygens (including phenoxy) is 2. The second-order valence-electron chi connectivity index (χ2n) is 3.47. The third-order valence-electron chi connectivity index (χ3n) is 2.14. The molecule has 0 saturated carbocycles. The first-order valence-corrected chi connectivity index (χ1v) is 5.89. The van der Waals surface area contributed by atoms with Crippen LogP contribution in [0.3, 0.4) is 0 Å². The number of benzene rings is 1. The number of hydrogen-bond acceptors (Lipinski definition) is 3. The van der Waals surface area contributed by atoms with Crippen LogP contribution in [0, 0.1) is 0 Å². The molecule has 0 aliphatic carbocycles. The molecule has 0 aliphatic rings. The third kappa shape index (κ3) is 3.76. The van der Waals surface area contributed by atoms with E-state index in [4.69, 9.17) is 21.1 Å². The first kappa shape index (κ1) is 15.6. The maximum absolute atomic E-state index is 12.4. The second-order valence-corrected chi connectivity index (χ2v) is 3.88. The van der Waals surface area contributed by atoms with Gasteiger partial charge in [0.2, 0.25) is 0 Å². The Morgan fingerprint density at radius 2 is 1.63 bits per heavy atom. The maximum atomic E-state index is 12.4. The number of carbonyl (C=O) groups excluding carboxylic acids is 1. The molecule has 0 bridgehead atoms. The molecular weight excluding hydrogens is 285 g/mol. The topological polar surface area (TPSA) is 35.5 Å². The van der Waals surface area contributed by atoms with Crippen molar-refractivity contribution in [3.05, 3.63) is 22.7 Å². The van der Waals surface area contributed by atoms with Crippen LogP contribution < -0.4 is 9.47 Å². The summed E-state index contributed by atoms with van der Waals surface area (Å²) in [6.45, 7) is 3.89. The minimum Gasteiger partial charge on any atom is -0.490 e. The van der Waals surface area contributed by atoms with E-state index in [-0.39, 0.29) is 23.1 Å². The Kier molecular flexibility index (Phi) is 5.05. The largest absolute Gasteiger partial charge is 0.490 e. The lowest BCUT2D eigenvalue weighted by molar-refractivity contribution is -0.0885. The van der Waals surface area contributed by atoms with Gasteiger partial charge in [-0.15, -0.1) is 0 Å². The van der Waals surface area contributed by atoms with E-state index in [1.807, 2.05) is 0 Å². The molecule has 0 fully saturated rings. The molecule has 0 spiro atoms. The van der Waals surface area contributed by atoms with Crippen molar-refractivity contribution in [2.45, 2.75) is 20.0 Å². The quantitative estimate of drug-likeness (QED) is 0.774. The average Bonchev–Trinajstić information content (AvgIpc) is 2.31. The number of alkyl halides is 3. The lowest BCUT2D eigenvalue weighted by Gasteiger charge is -2.14. The molecule has 3 nitrogen and oxygen atoms in total. The molecule has 1 rings (SSSR count). The number of ketones is 1. The SMILES string of the molecule is CCOc1cc(Cl)c(C(=O)C(F)(F)F)cc1OCC. The summed E-state index contributed by atoms with van der Waals surface area (Å²) in [4.78, 5) is 11.2. The standard InChI is InChI=1S/C12H12ClF3O3/c1-3-18-9-5-7(11(17)12(14,15)16)8(13)6-10(9)19-4-2/h5-6H,3-4H2,1-2H3. The van der Waals surface area contributed by atoms with Crippen molar-refractivity contribution in [2.24, 2.45) is 0 Å². The van der Waals surface area contributed by atoms with Crippen LogP contribution in [0.4, 0.5) is 13.2 Å². The van der Waals surface area contributed by atoms with Gasteiger partial charge in [0.1, 0.15) is 0 Å². The van der Waals surface area contributed by atoms with E-state index in [1.54, 1.807) is 13.8 Å². The van der Waals surface area contributed by atoms with E-state index in [0.29, 0.717) is 6.61 Å². The molecule has 7 heteroatoms. The zero-order chi connectivity index (χ0) is 14.6. The summed E-state index contributed by atoms with van der Waals surface area (Å²) in [6, 6.07) is 2.10. The molecule has 0 amide bonds. The normalized spacial score (nSPS) is 11.3. The molecule has 1 aromatic rings. The van der Waals surface area contributed by atoms with Gasteiger partial charge in [0, 0.05) is 11.6 Å². The number of Topliss-reactive ketones (excluding diaryl/α,β-unsaturated/α-hetero) is 1. The highest BCUT2D eigenvalue weighted by Crippen LogP contribution is 2.36. The van der Waals surface area contributed by atoms with Gasteiger partial charge in [-0.05, 0) is 19.9 Å². The van der Waals surface area contributed by atoms with Gasteiger partial charge in [-0.25, -0.2) is 0 Å². The van der Waals surface area contributed by atoms with Crippen molar-refractivity contribution in [1.29, 1.82) is 0 Å². The molecular formula is C12H12ClF3O3. The van der Waals surface area contributed by atoms with Crippen LogP contribution in [0.25, 0.3) is 0 Å². The summed E-state index contributed by atoms with van der Waals surface area (Å²) in [6.07, 6.45) is -4.99. The Bertz CT molecular complexity index is 472. The van der Waals surface area contributed by atoms with E-state index in [2.05, 4.69) is 0 Å². The Labute approximate surface area is 113 Å². The van der Waals surface area contributed by atoms with Gasteiger partial charge >= 0.3 is 6.18 Å². The maximum Gasteiger partial charge on any atom is 0.454 e. The van der Waals surface area contributed by atoms with Crippen LogP contribution in [0.2, 0.25) is 5.02 Å². The van der Waals surface area contributed by atoms with Crippen molar-refractivity contribution in [3.8, 4) is 11.5 Å². The fourth-order valence-corrected chi connectivity index (χ4v) is 1.64. The van der Waals surface area contributed by atoms with Crippen LogP contribution in [0.15, 0.2) is 12.1 Å². The molecule has 0 aromatic heterocycles. The van der Waals surface area contributed by atoms with Crippen LogP contribution in [-0.2, 0) is 0 Å². The number of hydrogen-bond donors (Lipinski definition) is 0. The fourth-order valence-electron chi connectivity index (χ4n) is 1.40. The minimum absolute atomic E-state index is 0.0568. The summed E-state index contributed by atoms with van der Waals surface area (Å²) in [5.74, 6) is -1.75. The summed E-state index contributed by atoms with van der Waals surface area (Å²) in [7, 11) is 0. The van der Waals surface area contributed by atoms with Crippen LogP contribution in [-0.4, -0.2) is 25.2 Å². The first-order valence-electron chi connectivity index (χ1n) is 5.51. The molecule has 0 atom stereocenters. The summed E-state index contributed by atoms with van der Waals surface area (Å²) in [5.41, 5.74) is -0.652. The number of rotatable bonds is 5. The highest BCUT2D eigenvalue weighted by molar-refractivity contribution is 6.34. The number of carbonyl (C=O) groups is 1. The van der Waals surface area contributed by atoms with Crippen LogP contribution in [0.5, 0.6) is 11.5 Å². The highest BCUT2D eigenvalue weighted by atomic mass is 35.5. The van der Waals surface area contributed by atoms with Crippen LogP contribution >= 0.6 is 11.6 Å². The fraction of sp³-hybridized carbons (Fsp3) is 0.417. The Morgan fingerprint density at radius 1 is 1.16 bits per heavy atom. The minimum atomic E-state index is -4.99. The molecule has 0 heterocycles. The highest BCUT2D eigenvalue weighted by Gasteiger charge is 2.40. The Hall–Kier alpha value is -1.43. The average molecular weight is 297 g/mol. The van der Waals surface area contributed by atoms with Gasteiger partial charge in [0.15, 0.2) is 11.5 Å². The molecule has 1 aromatic carbocycles. The van der Waals surface area contributed by atoms with Crippen molar-refractivity contribution in [3.63, 3.8) is 0 Å². The Balaban J connectivity index is 3.27.